The molecule has 0 aliphatic carbocycles. The number of rotatable bonds is 2. The van der Waals surface area contributed by atoms with Crippen LogP contribution in [0.4, 0.5) is 0 Å². The van der Waals surface area contributed by atoms with Gasteiger partial charge in [-0.1, -0.05) is 0 Å². The molecule has 1 unspecified atom stereocenters. The Kier molecular flexibility index (Phi) is 4.76. The number of hydrogen-bond donors (Lipinski definition) is 2. The third-order valence-corrected chi connectivity index (χ3v) is 2.93. The Morgan fingerprint density at radius 1 is 1.56 bits per heavy atom. The minimum Gasteiger partial charge on any atom is -0.348 e. The maximum Gasteiger partial charge on any atom is 0.254 e. The van der Waals surface area contributed by atoms with Gasteiger partial charge < -0.3 is 10.6 Å². The van der Waals surface area contributed by atoms with E-state index < -0.39 is 0 Å². The first kappa shape index (κ1) is 15.0. The molecule has 0 radical (unpaired) electrons. The first-order valence-electron chi connectivity index (χ1n) is 6.03. The lowest BCUT2D eigenvalue weighted by Crippen LogP contribution is -2.36. The van der Waals surface area contributed by atoms with Gasteiger partial charge in [0.1, 0.15) is 0 Å². The number of aromatic nitrogens is 2. The number of carbonyl (C=O) groups excluding carboxylic acids is 1. The highest BCUT2D eigenvalue weighted by Gasteiger charge is 2.20. The van der Waals surface area contributed by atoms with Crippen LogP contribution in [0.15, 0.2) is 12.4 Å². The van der Waals surface area contributed by atoms with E-state index in [2.05, 4.69) is 36.5 Å². The molecule has 102 valence electrons. The lowest BCUT2D eigenvalue weighted by Gasteiger charge is -2.18. The fraction of sp³-hybridized carbons (Fsp3) is 0.667. The van der Waals surface area contributed by atoms with E-state index in [-0.39, 0.29) is 29.9 Å². The van der Waals surface area contributed by atoms with E-state index >= 15 is 0 Å². The summed E-state index contributed by atoms with van der Waals surface area (Å²) in [6.07, 6.45) is 4.43. The van der Waals surface area contributed by atoms with Crippen LogP contribution in [-0.2, 0) is 5.54 Å². The highest BCUT2D eigenvalue weighted by Crippen LogP contribution is 2.13. The molecular formula is C12H21ClN4O. The van der Waals surface area contributed by atoms with Crippen molar-refractivity contribution in [3.63, 3.8) is 0 Å². The first-order valence-corrected chi connectivity index (χ1v) is 6.03. The summed E-state index contributed by atoms with van der Waals surface area (Å²) < 4.78 is 1.81. The van der Waals surface area contributed by atoms with Crippen LogP contribution in [0.2, 0.25) is 0 Å². The molecule has 1 aliphatic rings. The van der Waals surface area contributed by atoms with Crippen LogP contribution in [0.25, 0.3) is 0 Å². The van der Waals surface area contributed by atoms with Crippen LogP contribution in [0, 0.1) is 0 Å². The minimum atomic E-state index is -0.0898. The molecule has 1 aliphatic heterocycles. The largest absolute Gasteiger partial charge is 0.348 e. The Hall–Kier alpha value is -1.07. The van der Waals surface area contributed by atoms with Crippen molar-refractivity contribution < 1.29 is 4.79 Å². The Morgan fingerprint density at radius 3 is 2.78 bits per heavy atom. The van der Waals surface area contributed by atoms with Crippen molar-refractivity contribution in [2.24, 2.45) is 0 Å². The van der Waals surface area contributed by atoms with E-state index in [1.165, 1.54) is 0 Å². The fourth-order valence-corrected chi connectivity index (χ4v) is 1.85. The zero-order valence-corrected chi connectivity index (χ0v) is 11.9. The molecule has 18 heavy (non-hydrogen) atoms. The van der Waals surface area contributed by atoms with Gasteiger partial charge in [0.25, 0.3) is 5.91 Å². The molecule has 1 aromatic heterocycles. The van der Waals surface area contributed by atoms with Crippen LogP contribution < -0.4 is 10.6 Å². The van der Waals surface area contributed by atoms with Crippen molar-refractivity contribution in [3.8, 4) is 0 Å². The van der Waals surface area contributed by atoms with Gasteiger partial charge in [-0.25, -0.2) is 0 Å². The highest BCUT2D eigenvalue weighted by molar-refractivity contribution is 5.93. The molecule has 0 saturated carbocycles. The summed E-state index contributed by atoms with van der Waals surface area (Å²) >= 11 is 0. The van der Waals surface area contributed by atoms with Gasteiger partial charge in [0.2, 0.25) is 0 Å². The lowest BCUT2D eigenvalue weighted by atomic mass is 10.1. The Bertz CT molecular complexity index is 404. The smallest absolute Gasteiger partial charge is 0.254 e. The second-order valence-corrected chi connectivity index (χ2v) is 5.51. The first-order chi connectivity index (χ1) is 7.97. The molecule has 0 aromatic carbocycles. The topological polar surface area (TPSA) is 59.0 Å². The molecule has 0 spiro atoms. The van der Waals surface area contributed by atoms with Gasteiger partial charge in [-0.3, -0.25) is 9.48 Å². The van der Waals surface area contributed by atoms with Gasteiger partial charge in [-0.05, 0) is 33.7 Å². The van der Waals surface area contributed by atoms with Crippen molar-refractivity contribution in [1.82, 2.24) is 20.4 Å². The van der Waals surface area contributed by atoms with Crippen LogP contribution in [0.3, 0.4) is 0 Å². The maximum atomic E-state index is 11.9. The molecule has 1 saturated heterocycles. The summed E-state index contributed by atoms with van der Waals surface area (Å²) in [5.41, 5.74) is 0.541. The Morgan fingerprint density at radius 2 is 2.28 bits per heavy atom. The van der Waals surface area contributed by atoms with Crippen molar-refractivity contribution in [2.75, 3.05) is 13.1 Å². The van der Waals surface area contributed by atoms with E-state index in [0.717, 1.165) is 19.5 Å². The Labute approximate surface area is 114 Å². The van der Waals surface area contributed by atoms with Gasteiger partial charge in [0, 0.05) is 18.8 Å². The second-order valence-electron chi connectivity index (χ2n) is 5.51. The highest BCUT2D eigenvalue weighted by atomic mass is 35.5. The van der Waals surface area contributed by atoms with Gasteiger partial charge in [-0.15, -0.1) is 12.4 Å². The summed E-state index contributed by atoms with van der Waals surface area (Å²) in [5.74, 6) is -0.0331. The molecule has 1 fully saturated rings. The van der Waals surface area contributed by atoms with Crippen molar-refractivity contribution in [1.29, 1.82) is 0 Å². The predicted molar refractivity (Wildman–Crippen MR) is 73.2 cm³/mol. The van der Waals surface area contributed by atoms with Gasteiger partial charge in [0.15, 0.2) is 0 Å². The average Bonchev–Trinajstić information content (AvgIpc) is 2.85. The van der Waals surface area contributed by atoms with Gasteiger partial charge >= 0.3 is 0 Å². The normalized spacial score (nSPS) is 19.4. The number of nitrogens with one attached hydrogen (secondary N) is 2. The van der Waals surface area contributed by atoms with E-state index in [4.69, 9.17) is 0 Å². The van der Waals surface area contributed by atoms with Crippen molar-refractivity contribution >= 4 is 18.3 Å². The Balaban J connectivity index is 0.00000162. The number of carbonyl (C=O) groups is 1. The maximum absolute atomic E-state index is 11.9. The number of amides is 1. The molecule has 2 heterocycles. The molecule has 0 bridgehead atoms. The zero-order valence-electron chi connectivity index (χ0n) is 11.1. The third-order valence-electron chi connectivity index (χ3n) is 2.93. The van der Waals surface area contributed by atoms with Crippen molar-refractivity contribution in [2.45, 2.75) is 38.8 Å². The number of hydrogen-bond acceptors (Lipinski definition) is 3. The van der Waals surface area contributed by atoms with E-state index in [1.54, 1.807) is 12.4 Å². The summed E-state index contributed by atoms with van der Waals surface area (Å²) in [5, 5.41) is 10.5. The molecule has 5 nitrogen and oxygen atoms in total. The van der Waals surface area contributed by atoms with Crippen LogP contribution in [0.5, 0.6) is 0 Å². The van der Waals surface area contributed by atoms with Crippen molar-refractivity contribution in [3.05, 3.63) is 18.0 Å². The quantitative estimate of drug-likeness (QED) is 0.849. The minimum absolute atomic E-state index is 0. The van der Waals surface area contributed by atoms with Gasteiger partial charge in [0.05, 0.1) is 17.3 Å². The molecule has 2 N–H and O–H groups in total. The molecule has 1 atom stereocenters. The molecule has 1 aromatic rings. The SMILES string of the molecule is CC(C)(C)n1cc(C(=O)NC2CCNC2)cn1.Cl. The summed E-state index contributed by atoms with van der Waals surface area (Å²) in [6, 6.07) is 0.250. The predicted octanol–water partition coefficient (Wildman–Crippen LogP) is 1.15. The molecule has 1 amide bonds. The average molecular weight is 273 g/mol. The standard InChI is InChI=1S/C12H20N4O.ClH/c1-12(2,3)16-8-9(6-14-16)11(17)15-10-4-5-13-7-10;/h6,8,10,13H,4-5,7H2,1-3H3,(H,15,17);1H. The summed E-state index contributed by atoms with van der Waals surface area (Å²) in [7, 11) is 0. The lowest BCUT2D eigenvalue weighted by molar-refractivity contribution is 0.0940. The third kappa shape index (κ3) is 3.46. The molecule has 2 rings (SSSR count). The summed E-state index contributed by atoms with van der Waals surface area (Å²) in [4.78, 5) is 11.9. The summed E-state index contributed by atoms with van der Waals surface area (Å²) in [6.45, 7) is 8.01. The van der Waals surface area contributed by atoms with E-state index in [0.29, 0.717) is 5.56 Å². The van der Waals surface area contributed by atoms with E-state index in [9.17, 15) is 4.79 Å². The zero-order chi connectivity index (χ0) is 12.5. The fourth-order valence-electron chi connectivity index (χ4n) is 1.85. The van der Waals surface area contributed by atoms with Gasteiger partial charge in [-0.2, -0.15) is 5.10 Å². The number of nitrogens with zero attached hydrogens (tertiary/aromatic N) is 2. The molecule has 6 heteroatoms. The second kappa shape index (κ2) is 5.71. The van der Waals surface area contributed by atoms with Crippen LogP contribution in [-0.4, -0.2) is 34.8 Å². The van der Waals surface area contributed by atoms with Crippen LogP contribution >= 0.6 is 12.4 Å². The monoisotopic (exact) mass is 272 g/mol. The van der Waals surface area contributed by atoms with E-state index in [1.807, 2.05) is 4.68 Å². The van der Waals surface area contributed by atoms with Crippen LogP contribution in [0.1, 0.15) is 37.6 Å². The number of halogens is 1. The molecular weight excluding hydrogens is 252 g/mol.